The molecule has 10 nitrogen and oxygen atoms in total. The van der Waals surface area contributed by atoms with Gasteiger partial charge in [-0.05, 0) is 30.5 Å². The zero-order valence-electron chi connectivity index (χ0n) is 22.0. The summed E-state index contributed by atoms with van der Waals surface area (Å²) in [6.45, 7) is 2.42. The number of amides is 3. The van der Waals surface area contributed by atoms with Crippen LogP contribution in [-0.2, 0) is 20.8 Å². The zero-order valence-corrected chi connectivity index (χ0v) is 22.0. The average molecular weight is 524 g/mol. The van der Waals surface area contributed by atoms with E-state index >= 15 is 0 Å². The first kappa shape index (κ1) is 28.7. The van der Waals surface area contributed by atoms with Crippen LogP contribution < -0.4 is 32.8 Å². The molecule has 2 atom stereocenters. The van der Waals surface area contributed by atoms with Gasteiger partial charge in [0.15, 0.2) is 12.2 Å². The third-order valence-corrected chi connectivity index (χ3v) is 6.37. The van der Waals surface area contributed by atoms with Crippen LogP contribution in [0.5, 0.6) is 0 Å². The van der Waals surface area contributed by atoms with Gasteiger partial charge in [0.2, 0.25) is 17.3 Å². The Morgan fingerprint density at radius 2 is 1.66 bits per heavy atom. The van der Waals surface area contributed by atoms with Gasteiger partial charge in [-0.3, -0.25) is 14.4 Å². The van der Waals surface area contributed by atoms with Crippen molar-refractivity contribution in [3.63, 3.8) is 0 Å². The molecule has 3 aromatic rings. The van der Waals surface area contributed by atoms with Crippen molar-refractivity contribution in [3.8, 4) is 0 Å². The van der Waals surface area contributed by atoms with Gasteiger partial charge < -0.3 is 32.7 Å². The van der Waals surface area contributed by atoms with Crippen LogP contribution in [-0.4, -0.2) is 60.9 Å². The Hall–Kier alpha value is -3.86. The molecule has 10 heteroatoms. The highest BCUT2D eigenvalue weighted by Crippen LogP contribution is 2.15. The molecule has 2 aromatic carbocycles. The largest absolute Gasteiger partial charge is 0.358 e. The van der Waals surface area contributed by atoms with Gasteiger partial charge in [-0.15, -0.1) is 0 Å². The average Bonchev–Trinajstić information content (AvgIpc) is 2.93. The van der Waals surface area contributed by atoms with Gasteiger partial charge in [0, 0.05) is 24.4 Å². The van der Waals surface area contributed by atoms with Gasteiger partial charge in [-0.25, -0.2) is 4.98 Å². The van der Waals surface area contributed by atoms with Crippen LogP contribution in [0.3, 0.4) is 0 Å². The predicted molar refractivity (Wildman–Crippen MR) is 144 cm³/mol. The van der Waals surface area contributed by atoms with E-state index in [9.17, 15) is 14.4 Å². The Kier molecular flexibility index (Phi) is 11.2. The summed E-state index contributed by atoms with van der Waals surface area (Å²) < 4.78 is 0. The van der Waals surface area contributed by atoms with Crippen LogP contribution in [0.4, 0.5) is 5.69 Å². The van der Waals surface area contributed by atoms with Gasteiger partial charge in [0.25, 0.3) is 5.91 Å². The second kappa shape index (κ2) is 14.8. The lowest BCUT2D eigenvalue weighted by Crippen LogP contribution is -2.70. The molecular formula is C28H41N7O3+4. The number of nitrogens with one attached hydrogen (secondary N) is 3. The van der Waals surface area contributed by atoms with Crippen molar-refractivity contribution < 1.29 is 36.6 Å². The molecule has 0 saturated carbocycles. The summed E-state index contributed by atoms with van der Waals surface area (Å²) in [4.78, 5) is 44.1. The molecule has 3 rings (SSSR count). The number of aromatic nitrogens is 1. The fourth-order valence-corrected chi connectivity index (χ4v) is 4.22. The summed E-state index contributed by atoms with van der Waals surface area (Å²) in [7, 11) is 0. The smallest absolute Gasteiger partial charge is 0.279 e. The van der Waals surface area contributed by atoms with Crippen molar-refractivity contribution in [3.05, 3.63) is 72.4 Å². The molecule has 202 valence electrons. The second-order valence-electron chi connectivity index (χ2n) is 9.39. The molecule has 1 heterocycles. The number of hydrogen-bond donors (Lipinski definition) is 5. The number of para-hydroxylation sites is 1. The van der Waals surface area contributed by atoms with Gasteiger partial charge in [-0.2, -0.15) is 0 Å². The van der Waals surface area contributed by atoms with E-state index in [2.05, 4.69) is 32.8 Å². The summed E-state index contributed by atoms with van der Waals surface area (Å²) >= 11 is 0. The third-order valence-electron chi connectivity index (χ3n) is 6.37. The molecule has 0 bridgehead atoms. The monoisotopic (exact) mass is 523 g/mol. The Morgan fingerprint density at radius 3 is 2.39 bits per heavy atom. The Morgan fingerprint density at radius 1 is 0.921 bits per heavy atom. The number of rotatable bonds is 14. The van der Waals surface area contributed by atoms with E-state index in [0.29, 0.717) is 38.2 Å². The van der Waals surface area contributed by atoms with Crippen molar-refractivity contribution >= 4 is 34.3 Å². The Balaban J connectivity index is 1.68. The molecule has 12 N–H and O–H groups in total. The maximum Gasteiger partial charge on any atom is 0.279 e. The summed E-state index contributed by atoms with van der Waals surface area (Å²) in [6.07, 6.45) is 3.48. The maximum absolute atomic E-state index is 13.3. The van der Waals surface area contributed by atoms with E-state index in [1.807, 2.05) is 60.7 Å². The summed E-state index contributed by atoms with van der Waals surface area (Å²) in [5, 5.41) is 6.72. The number of carbonyl (C=O) groups is 3. The molecule has 0 spiro atoms. The Labute approximate surface area is 222 Å². The lowest BCUT2D eigenvalue weighted by Gasteiger charge is -2.22. The van der Waals surface area contributed by atoms with Crippen molar-refractivity contribution in [2.24, 2.45) is 0 Å². The Bertz CT molecular complexity index is 1210. The molecule has 0 saturated heterocycles. The van der Waals surface area contributed by atoms with E-state index < -0.39 is 18.0 Å². The van der Waals surface area contributed by atoms with Crippen LogP contribution in [0.2, 0.25) is 0 Å². The highest BCUT2D eigenvalue weighted by molar-refractivity contribution is 5.98. The van der Waals surface area contributed by atoms with Crippen LogP contribution in [0.1, 0.15) is 24.8 Å². The van der Waals surface area contributed by atoms with Crippen LogP contribution in [0.15, 0.2) is 66.9 Å². The standard InChI is InChI=1S/C28H37N7O3/c29-13-6-15-35(16-14-30)26(36)18-23(31)27(37)34-25(12-11-20-7-2-1-3-8-20)28(38)33-22-17-21-9-4-5-10-24(21)32-19-22/h1-5,7-10,17,19,23,25H,6,11-16,18,29-31H2,(H,33,38)(H,34,37)/p+4/t23-,25-/m0/s1. The summed E-state index contributed by atoms with van der Waals surface area (Å²) in [6, 6.07) is 17.8. The molecule has 0 aliphatic heterocycles. The molecule has 3 amide bonds. The zero-order chi connectivity index (χ0) is 27.3. The molecule has 1 aromatic heterocycles. The highest BCUT2D eigenvalue weighted by Gasteiger charge is 2.29. The SMILES string of the molecule is [NH3+]CCCN(CC[NH3+])C(=O)C[C@H]([NH3+])C(=O)N[C@@H](CCc1ccccc1)C(=O)Nc1c[nH+]c2ccccc2c1. The van der Waals surface area contributed by atoms with Gasteiger partial charge in [-0.1, -0.05) is 42.5 Å². The minimum absolute atomic E-state index is 0.0321. The molecule has 0 aliphatic carbocycles. The fourth-order valence-electron chi connectivity index (χ4n) is 4.22. The van der Waals surface area contributed by atoms with Gasteiger partial charge >= 0.3 is 0 Å². The lowest BCUT2D eigenvalue weighted by molar-refractivity contribution is -0.403. The first-order valence-electron chi connectivity index (χ1n) is 13.2. The number of anilines is 1. The minimum Gasteiger partial charge on any atom is -0.358 e. The van der Waals surface area contributed by atoms with Crippen molar-refractivity contribution in [1.29, 1.82) is 0 Å². The van der Waals surface area contributed by atoms with E-state index in [0.717, 1.165) is 29.4 Å². The topological polar surface area (TPSA) is 176 Å². The molecular weight excluding hydrogens is 482 g/mol. The van der Waals surface area contributed by atoms with E-state index in [1.54, 1.807) is 11.1 Å². The summed E-state index contributed by atoms with van der Waals surface area (Å²) in [5.74, 6) is -0.900. The van der Waals surface area contributed by atoms with E-state index in [-0.39, 0.29) is 18.2 Å². The van der Waals surface area contributed by atoms with Crippen LogP contribution >= 0.6 is 0 Å². The van der Waals surface area contributed by atoms with Crippen molar-refractivity contribution in [2.75, 3.05) is 31.5 Å². The highest BCUT2D eigenvalue weighted by atomic mass is 16.2. The second-order valence-corrected chi connectivity index (χ2v) is 9.39. The molecule has 0 unspecified atom stereocenters. The number of pyridine rings is 1. The maximum atomic E-state index is 13.3. The molecule has 0 aliphatic rings. The van der Waals surface area contributed by atoms with Gasteiger partial charge in [0.1, 0.15) is 11.7 Å². The first-order chi connectivity index (χ1) is 18.4. The first-order valence-corrected chi connectivity index (χ1v) is 13.2. The molecule has 0 radical (unpaired) electrons. The number of aryl methyl sites for hydroxylation is 1. The number of carbonyl (C=O) groups excluding carboxylic acids is 3. The number of aromatic amines is 1. The van der Waals surface area contributed by atoms with Crippen molar-refractivity contribution in [2.45, 2.75) is 37.8 Å². The number of fused-ring (bicyclic) bond motifs is 1. The van der Waals surface area contributed by atoms with Gasteiger partial charge in [0.05, 0.1) is 26.1 Å². The minimum atomic E-state index is -0.824. The quantitative estimate of drug-likeness (QED) is 0.172. The number of hydrogen-bond acceptors (Lipinski definition) is 3. The van der Waals surface area contributed by atoms with Crippen LogP contribution in [0.25, 0.3) is 10.9 Å². The van der Waals surface area contributed by atoms with Crippen molar-refractivity contribution in [1.82, 2.24) is 10.2 Å². The third kappa shape index (κ3) is 8.62. The van der Waals surface area contributed by atoms with E-state index in [1.165, 1.54) is 0 Å². The molecule has 0 fully saturated rings. The normalized spacial score (nSPS) is 12.5. The summed E-state index contributed by atoms with van der Waals surface area (Å²) in [5.41, 5.74) is 14.2. The molecule has 38 heavy (non-hydrogen) atoms. The van der Waals surface area contributed by atoms with Crippen LogP contribution in [0, 0.1) is 0 Å². The number of quaternary nitrogens is 3. The number of H-pyrrole nitrogens is 1. The number of benzene rings is 2. The predicted octanol–water partition coefficient (Wildman–Crippen LogP) is -1.59. The van der Waals surface area contributed by atoms with E-state index in [4.69, 9.17) is 0 Å². The number of nitrogens with zero attached hydrogens (tertiary/aromatic N) is 1. The lowest BCUT2D eigenvalue weighted by atomic mass is 10.0. The fraction of sp³-hybridized carbons (Fsp3) is 0.357.